The number of nitrogens with one attached hydrogen (secondary N) is 1. The molecule has 2 N–H and O–H groups in total. The van der Waals surface area contributed by atoms with Gasteiger partial charge in [0, 0.05) is 6.54 Å². The molecule has 5 nitrogen and oxygen atoms in total. The van der Waals surface area contributed by atoms with Gasteiger partial charge < -0.3 is 19.6 Å². The van der Waals surface area contributed by atoms with Crippen molar-refractivity contribution in [3.05, 3.63) is 54.1 Å². The first-order chi connectivity index (χ1) is 10.7. The molecule has 3 rings (SSSR count). The van der Waals surface area contributed by atoms with E-state index >= 15 is 0 Å². The average molecular weight is 298 g/mol. The molecule has 0 aliphatic rings. The van der Waals surface area contributed by atoms with E-state index in [1.165, 1.54) is 0 Å². The minimum atomic E-state index is -0.657. The first-order valence-corrected chi connectivity index (χ1v) is 7.18. The third kappa shape index (κ3) is 3.56. The standard InChI is InChI=1S/C17H18N2O3/c1-12-5-4-6-14(9-12)21-11-13(20)10-18-17-19-15-7-2-3-8-16(15)22-17/h2-9,13,20H,10-11H2,1H3,(H,18,19). The van der Waals surface area contributed by atoms with Crippen molar-refractivity contribution in [2.45, 2.75) is 13.0 Å². The van der Waals surface area contributed by atoms with Gasteiger partial charge in [-0.25, -0.2) is 0 Å². The normalized spacial score (nSPS) is 12.3. The lowest BCUT2D eigenvalue weighted by atomic mass is 10.2. The van der Waals surface area contributed by atoms with Gasteiger partial charge in [-0.1, -0.05) is 24.3 Å². The molecule has 2 aromatic carbocycles. The number of para-hydroxylation sites is 2. The maximum atomic E-state index is 9.96. The zero-order valence-corrected chi connectivity index (χ0v) is 12.3. The number of rotatable bonds is 6. The van der Waals surface area contributed by atoms with Crippen molar-refractivity contribution in [3.8, 4) is 5.75 Å². The number of oxazole rings is 1. The van der Waals surface area contributed by atoms with Gasteiger partial charge >= 0.3 is 0 Å². The van der Waals surface area contributed by atoms with E-state index in [1.54, 1.807) is 0 Å². The van der Waals surface area contributed by atoms with Crippen LogP contribution < -0.4 is 10.1 Å². The Labute approximate surface area is 128 Å². The number of aromatic nitrogens is 1. The Balaban J connectivity index is 1.50. The zero-order chi connectivity index (χ0) is 15.4. The van der Waals surface area contributed by atoms with Crippen LogP contribution in [0.4, 0.5) is 6.01 Å². The summed E-state index contributed by atoms with van der Waals surface area (Å²) >= 11 is 0. The molecule has 0 aliphatic heterocycles. The number of aryl methyl sites for hydroxylation is 1. The predicted molar refractivity (Wildman–Crippen MR) is 85.2 cm³/mol. The topological polar surface area (TPSA) is 67.5 Å². The van der Waals surface area contributed by atoms with E-state index in [1.807, 2.05) is 55.5 Å². The third-order valence-corrected chi connectivity index (χ3v) is 3.21. The molecular weight excluding hydrogens is 280 g/mol. The maximum absolute atomic E-state index is 9.96. The molecule has 114 valence electrons. The van der Waals surface area contributed by atoms with Gasteiger partial charge in [0.1, 0.15) is 24.0 Å². The van der Waals surface area contributed by atoms with Crippen molar-refractivity contribution in [1.29, 1.82) is 0 Å². The summed E-state index contributed by atoms with van der Waals surface area (Å²) in [5.41, 5.74) is 2.63. The molecule has 22 heavy (non-hydrogen) atoms. The highest BCUT2D eigenvalue weighted by Crippen LogP contribution is 2.18. The fraction of sp³-hybridized carbons (Fsp3) is 0.235. The zero-order valence-electron chi connectivity index (χ0n) is 12.3. The fourth-order valence-electron chi connectivity index (χ4n) is 2.11. The number of fused-ring (bicyclic) bond motifs is 1. The largest absolute Gasteiger partial charge is 0.491 e. The number of hydrogen-bond acceptors (Lipinski definition) is 5. The second-order valence-electron chi connectivity index (χ2n) is 5.15. The van der Waals surface area contributed by atoms with Crippen LogP contribution in [-0.2, 0) is 0 Å². The fourth-order valence-corrected chi connectivity index (χ4v) is 2.11. The van der Waals surface area contributed by atoms with Gasteiger partial charge in [0.05, 0.1) is 0 Å². The molecule has 0 fully saturated rings. The second kappa shape index (κ2) is 6.49. The van der Waals surface area contributed by atoms with Gasteiger partial charge in [-0.05, 0) is 36.8 Å². The van der Waals surface area contributed by atoms with Crippen LogP contribution in [0.25, 0.3) is 11.1 Å². The summed E-state index contributed by atoms with van der Waals surface area (Å²) in [7, 11) is 0. The number of hydrogen-bond donors (Lipinski definition) is 2. The van der Waals surface area contributed by atoms with E-state index in [2.05, 4.69) is 10.3 Å². The van der Waals surface area contributed by atoms with Crippen LogP contribution in [0.2, 0.25) is 0 Å². The van der Waals surface area contributed by atoms with Gasteiger partial charge in [-0.3, -0.25) is 0 Å². The second-order valence-corrected chi connectivity index (χ2v) is 5.15. The highest BCUT2D eigenvalue weighted by Gasteiger charge is 2.09. The molecule has 0 spiro atoms. The summed E-state index contributed by atoms with van der Waals surface area (Å²) in [6, 6.07) is 15.6. The van der Waals surface area contributed by atoms with Gasteiger partial charge in [-0.15, -0.1) is 0 Å². The van der Waals surface area contributed by atoms with Crippen LogP contribution in [0.1, 0.15) is 5.56 Å². The van der Waals surface area contributed by atoms with Crippen molar-refractivity contribution in [2.24, 2.45) is 0 Å². The number of nitrogens with zero attached hydrogens (tertiary/aromatic N) is 1. The Bertz CT molecular complexity index is 721. The van der Waals surface area contributed by atoms with Gasteiger partial charge in [-0.2, -0.15) is 4.98 Å². The molecule has 0 aliphatic carbocycles. The Morgan fingerprint density at radius 3 is 2.91 bits per heavy atom. The van der Waals surface area contributed by atoms with Crippen LogP contribution in [-0.4, -0.2) is 29.3 Å². The molecule has 3 aromatic rings. The van der Waals surface area contributed by atoms with Gasteiger partial charge in [0.15, 0.2) is 5.58 Å². The van der Waals surface area contributed by atoms with Gasteiger partial charge in [0.25, 0.3) is 6.01 Å². The SMILES string of the molecule is Cc1cccc(OCC(O)CNc2nc3ccccc3o2)c1. The lowest BCUT2D eigenvalue weighted by molar-refractivity contribution is 0.117. The van der Waals surface area contributed by atoms with E-state index in [9.17, 15) is 5.11 Å². The number of anilines is 1. The Hall–Kier alpha value is -2.53. The summed E-state index contributed by atoms with van der Waals surface area (Å²) in [5, 5.41) is 12.9. The molecule has 1 aromatic heterocycles. The van der Waals surface area contributed by atoms with Crippen molar-refractivity contribution in [1.82, 2.24) is 4.98 Å². The van der Waals surface area contributed by atoms with Crippen molar-refractivity contribution in [2.75, 3.05) is 18.5 Å². The minimum absolute atomic E-state index is 0.205. The smallest absolute Gasteiger partial charge is 0.295 e. The molecule has 5 heteroatoms. The Kier molecular flexibility index (Phi) is 4.25. The number of benzene rings is 2. The maximum Gasteiger partial charge on any atom is 0.295 e. The summed E-state index contributed by atoms with van der Waals surface area (Å²) in [4.78, 5) is 4.28. The van der Waals surface area contributed by atoms with Crippen molar-refractivity contribution < 1.29 is 14.3 Å². The van der Waals surface area contributed by atoms with Gasteiger partial charge in [0.2, 0.25) is 0 Å². The molecule has 1 heterocycles. The van der Waals surface area contributed by atoms with E-state index in [0.717, 1.165) is 22.4 Å². The quantitative estimate of drug-likeness (QED) is 0.732. The number of ether oxygens (including phenoxy) is 1. The van der Waals surface area contributed by atoms with Crippen LogP contribution in [0.3, 0.4) is 0 Å². The predicted octanol–water partition coefficient (Wildman–Crippen LogP) is 2.99. The molecular formula is C17H18N2O3. The molecule has 1 atom stereocenters. The van der Waals surface area contributed by atoms with Crippen LogP contribution >= 0.6 is 0 Å². The molecule has 0 saturated heterocycles. The first kappa shape index (κ1) is 14.4. The molecule has 0 radical (unpaired) electrons. The summed E-state index contributed by atoms with van der Waals surface area (Å²) in [6.45, 7) is 2.51. The summed E-state index contributed by atoms with van der Waals surface area (Å²) in [5.74, 6) is 0.751. The highest BCUT2D eigenvalue weighted by molar-refractivity contribution is 5.74. The van der Waals surface area contributed by atoms with E-state index < -0.39 is 6.10 Å². The molecule has 0 bridgehead atoms. The summed E-state index contributed by atoms with van der Waals surface area (Å²) < 4.78 is 11.1. The van der Waals surface area contributed by atoms with E-state index in [4.69, 9.17) is 9.15 Å². The first-order valence-electron chi connectivity index (χ1n) is 7.18. The Morgan fingerprint density at radius 1 is 1.23 bits per heavy atom. The van der Waals surface area contributed by atoms with Crippen LogP contribution in [0.15, 0.2) is 52.9 Å². The highest BCUT2D eigenvalue weighted by atomic mass is 16.5. The lowest BCUT2D eigenvalue weighted by Gasteiger charge is -2.12. The van der Waals surface area contributed by atoms with E-state index in [0.29, 0.717) is 12.6 Å². The van der Waals surface area contributed by atoms with Crippen molar-refractivity contribution >= 4 is 17.1 Å². The molecule has 1 unspecified atom stereocenters. The lowest BCUT2D eigenvalue weighted by Crippen LogP contribution is -2.26. The number of aliphatic hydroxyl groups excluding tert-OH is 1. The molecule has 0 saturated carbocycles. The monoisotopic (exact) mass is 298 g/mol. The van der Waals surface area contributed by atoms with E-state index in [-0.39, 0.29) is 6.61 Å². The van der Waals surface area contributed by atoms with Crippen LogP contribution in [0, 0.1) is 6.92 Å². The van der Waals surface area contributed by atoms with Crippen molar-refractivity contribution in [3.63, 3.8) is 0 Å². The average Bonchev–Trinajstić information content (AvgIpc) is 2.94. The third-order valence-electron chi connectivity index (χ3n) is 3.21. The summed E-state index contributed by atoms with van der Waals surface area (Å²) in [6.07, 6.45) is -0.657. The van der Waals surface area contributed by atoms with Crippen LogP contribution in [0.5, 0.6) is 5.75 Å². The molecule has 0 amide bonds. The number of aliphatic hydroxyl groups is 1. The Morgan fingerprint density at radius 2 is 2.09 bits per heavy atom. The minimum Gasteiger partial charge on any atom is -0.491 e.